The van der Waals surface area contributed by atoms with E-state index < -0.39 is 24.2 Å². The third-order valence-corrected chi connectivity index (χ3v) is 8.77. The van der Waals surface area contributed by atoms with Gasteiger partial charge in [-0.15, -0.1) is 0 Å². The molecule has 5 saturated carbocycles. The fourth-order valence-corrected chi connectivity index (χ4v) is 7.46. The van der Waals surface area contributed by atoms with Gasteiger partial charge in [-0.05, 0) is 80.4 Å². The van der Waals surface area contributed by atoms with Crippen molar-refractivity contribution in [2.75, 3.05) is 6.61 Å². The Morgan fingerprint density at radius 1 is 1.06 bits per heavy atom. The highest BCUT2D eigenvalue weighted by Crippen LogP contribution is 2.64. The highest BCUT2D eigenvalue weighted by molar-refractivity contribution is 6.32. The van der Waals surface area contributed by atoms with Crippen LogP contribution >= 0.6 is 11.6 Å². The van der Waals surface area contributed by atoms with Gasteiger partial charge < -0.3 is 14.6 Å². The standard InChI is InChI=1S/C24H29ClO6/c25-20-12-17(1-2-21(20)28-13-22(26)27)16-3-5-23(6-4-16)29-24(31-30-23)18-8-14-7-15(10-18)11-19(24)9-14/h1-2,12,14-16,18-19H,3-11,13H2,(H,26,27). The summed E-state index contributed by atoms with van der Waals surface area (Å²) in [6.07, 6.45) is 9.79. The minimum Gasteiger partial charge on any atom is -0.480 e. The molecule has 0 unspecified atom stereocenters. The highest BCUT2D eigenvalue weighted by atomic mass is 35.5. The first-order valence-corrected chi connectivity index (χ1v) is 12.0. The number of ether oxygens (including phenoxy) is 2. The second kappa shape index (κ2) is 7.34. The van der Waals surface area contributed by atoms with Gasteiger partial charge in [0.2, 0.25) is 11.6 Å². The van der Waals surface area contributed by atoms with Crippen LogP contribution in [0.5, 0.6) is 5.75 Å². The zero-order valence-electron chi connectivity index (χ0n) is 17.6. The van der Waals surface area contributed by atoms with Gasteiger partial charge >= 0.3 is 5.97 Å². The summed E-state index contributed by atoms with van der Waals surface area (Å²) >= 11 is 6.33. The Morgan fingerprint density at radius 3 is 2.35 bits per heavy atom. The molecule has 1 heterocycles. The van der Waals surface area contributed by atoms with E-state index in [9.17, 15) is 4.79 Å². The second-order valence-corrected chi connectivity index (χ2v) is 10.8. The Labute approximate surface area is 187 Å². The molecule has 7 rings (SSSR count). The van der Waals surface area contributed by atoms with Gasteiger partial charge in [0.05, 0.1) is 5.02 Å². The third-order valence-electron chi connectivity index (χ3n) is 8.47. The van der Waals surface area contributed by atoms with Crippen molar-refractivity contribution in [1.29, 1.82) is 0 Å². The quantitative estimate of drug-likeness (QED) is 0.631. The van der Waals surface area contributed by atoms with E-state index >= 15 is 0 Å². The van der Waals surface area contributed by atoms with Crippen LogP contribution in [0.25, 0.3) is 0 Å². The van der Waals surface area contributed by atoms with Crippen molar-refractivity contribution in [2.45, 2.75) is 75.3 Å². The van der Waals surface area contributed by atoms with Crippen LogP contribution in [0.2, 0.25) is 5.02 Å². The molecule has 6 fully saturated rings. The number of halogens is 1. The maximum atomic E-state index is 10.7. The molecule has 1 aliphatic heterocycles. The number of aliphatic carboxylic acids is 1. The molecular formula is C24H29ClO6. The summed E-state index contributed by atoms with van der Waals surface area (Å²) in [7, 11) is 0. The Balaban J connectivity index is 1.12. The Morgan fingerprint density at radius 2 is 1.74 bits per heavy atom. The van der Waals surface area contributed by atoms with Crippen molar-refractivity contribution >= 4 is 17.6 Å². The topological polar surface area (TPSA) is 74.2 Å². The van der Waals surface area contributed by atoms with E-state index in [2.05, 4.69) is 0 Å². The average molecular weight is 449 g/mol. The average Bonchev–Trinajstić information content (AvgIpc) is 3.11. The molecule has 7 heteroatoms. The van der Waals surface area contributed by atoms with E-state index in [0.29, 0.717) is 28.5 Å². The van der Waals surface area contributed by atoms with Gasteiger partial charge in [0.1, 0.15) is 5.75 Å². The van der Waals surface area contributed by atoms with Crippen LogP contribution in [-0.2, 0) is 19.3 Å². The zero-order chi connectivity index (χ0) is 21.2. The molecule has 6 aliphatic rings. The van der Waals surface area contributed by atoms with Gasteiger partial charge in [-0.3, -0.25) is 0 Å². The van der Waals surface area contributed by atoms with Gasteiger partial charge in [-0.1, -0.05) is 17.7 Å². The smallest absolute Gasteiger partial charge is 0.341 e. The monoisotopic (exact) mass is 448 g/mol. The lowest BCUT2D eigenvalue weighted by molar-refractivity contribution is -0.390. The number of carboxylic acids is 1. The SMILES string of the molecule is O=C(O)COc1ccc(C2CCC3(CC2)OOC2(O3)C3CC4CC(C3)CC2C4)cc1Cl. The highest BCUT2D eigenvalue weighted by Gasteiger charge is 2.66. The first kappa shape index (κ1) is 20.3. The number of carbonyl (C=O) groups is 1. The molecule has 1 saturated heterocycles. The van der Waals surface area contributed by atoms with Gasteiger partial charge in [0.25, 0.3) is 0 Å². The van der Waals surface area contributed by atoms with E-state index in [1.165, 1.54) is 32.1 Å². The van der Waals surface area contributed by atoms with E-state index in [0.717, 1.165) is 43.1 Å². The molecule has 0 amide bonds. The van der Waals surface area contributed by atoms with Crippen molar-refractivity contribution in [3.8, 4) is 5.75 Å². The van der Waals surface area contributed by atoms with Crippen molar-refractivity contribution in [1.82, 2.24) is 0 Å². The molecule has 0 radical (unpaired) electrons. The summed E-state index contributed by atoms with van der Waals surface area (Å²) in [5.41, 5.74) is 1.14. The summed E-state index contributed by atoms with van der Waals surface area (Å²) < 4.78 is 12.0. The van der Waals surface area contributed by atoms with Gasteiger partial charge in [0, 0.05) is 24.7 Å². The van der Waals surface area contributed by atoms with Crippen molar-refractivity contribution in [2.24, 2.45) is 23.7 Å². The van der Waals surface area contributed by atoms with Crippen LogP contribution in [0, 0.1) is 23.7 Å². The van der Waals surface area contributed by atoms with Crippen molar-refractivity contribution < 1.29 is 29.1 Å². The van der Waals surface area contributed by atoms with Crippen molar-refractivity contribution in [3.63, 3.8) is 0 Å². The van der Waals surface area contributed by atoms with Gasteiger partial charge in [-0.2, -0.15) is 9.78 Å². The molecule has 31 heavy (non-hydrogen) atoms. The summed E-state index contributed by atoms with van der Waals surface area (Å²) in [4.78, 5) is 22.9. The van der Waals surface area contributed by atoms with Crippen molar-refractivity contribution in [3.05, 3.63) is 28.8 Å². The van der Waals surface area contributed by atoms with Crippen LogP contribution in [0.4, 0.5) is 0 Å². The van der Waals surface area contributed by atoms with E-state index in [4.69, 9.17) is 36.0 Å². The van der Waals surface area contributed by atoms with Crippen LogP contribution in [0.1, 0.15) is 69.3 Å². The lowest BCUT2D eigenvalue weighted by Gasteiger charge is -2.57. The molecule has 1 N–H and O–H groups in total. The summed E-state index contributed by atoms with van der Waals surface area (Å²) in [6, 6.07) is 5.64. The Kier molecular flexibility index (Phi) is 4.80. The lowest BCUT2D eigenvalue weighted by Crippen LogP contribution is -2.59. The second-order valence-electron chi connectivity index (χ2n) is 10.4. The van der Waals surface area contributed by atoms with Crippen LogP contribution in [0.3, 0.4) is 0 Å². The van der Waals surface area contributed by atoms with E-state index in [1.807, 2.05) is 12.1 Å². The maximum absolute atomic E-state index is 10.7. The lowest BCUT2D eigenvalue weighted by atomic mass is 9.53. The molecule has 4 bridgehead atoms. The number of carboxylic acid groups (broad SMARTS) is 1. The first-order chi connectivity index (χ1) is 14.9. The summed E-state index contributed by atoms with van der Waals surface area (Å²) in [6.45, 7) is -0.398. The molecule has 1 aromatic rings. The molecule has 1 aromatic carbocycles. The number of rotatable bonds is 4. The predicted molar refractivity (Wildman–Crippen MR) is 112 cm³/mol. The molecule has 168 valence electrons. The van der Waals surface area contributed by atoms with Gasteiger partial charge in [-0.25, -0.2) is 4.79 Å². The fraction of sp³-hybridized carbons (Fsp3) is 0.708. The normalized spacial score (nSPS) is 43.1. The van der Waals surface area contributed by atoms with Crippen LogP contribution in [-0.4, -0.2) is 29.3 Å². The number of hydrogen-bond acceptors (Lipinski definition) is 5. The Bertz CT molecular complexity index is 849. The van der Waals surface area contributed by atoms with Crippen LogP contribution < -0.4 is 4.74 Å². The minimum absolute atomic E-state index is 0.360. The molecule has 5 aliphatic carbocycles. The van der Waals surface area contributed by atoms with E-state index in [-0.39, 0.29) is 0 Å². The summed E-state index contributed by atoms with van der Waals surface area (Å²) in [5.74, 6) is 1.31. The minimum atomic E-state index is -1.02. The number of benzene rings is 1. The largest absolute Gasteiger partial charge is 0.480 e. The zero-order valence-corrected chi connectivity index (χ0v) is 18.3. The molecule has 0 aromatic heterocycles. The third kappa shape index (κ3) is 3.38. The van der Waals surface area contributed by atoms with Crippen LogP contribution in [0.15, 0.2) is 18.2 Å². The number of hydrogen-bond donors (Lipinski definition) is 1. The molecular weight excluding hydrogens is 420 g/mol. The summed E-state index contributed by atoms with van der Waals surface area (Å²) in [5, 5.41) is 9.23. The first-order valence-electron chi connectivity index (χ1n) is 11.7. The fourth-order valence-electron chi connectivity index (χ4n) is 7.21. The molecule has 2 spiro atoms. The Hall–Kier alpha value is -1.34. The van der Waals surface area contributed by atoms with Gasteiger partial charge in [0.15, 0.2) is 6.61 Å². The van der Waals surface area contributed by atoms with E-state index in [1.54, 1.807) is 6.07 Å². The molecule has 0 atom stereocenters. The molecule has 6 nitrogen and oxygen atoms in total. The predicted octanol–water partition coefficient (Wildman–Crippen LogP) is 5.29. The maximum Gasteiger partial charge on any atom is 0.341 e.